The molecule has 138 valence electrons. The van der Waals surface area contributed by atoms with E-state index in [4.69, 9.17) is 9.47 Å². The molecule has 5 nitrogen and oxygen atoms in total. The van der Waals surface area contributed by atoms with E-state index in [1.54, 1.807) is 35.6 Å². The van der Waals surface area contributed by atoms with Gasteiger partial charge in [0.25, 0.3) is 5.91 Å². The molecule has 1 N–H and O–H groups in total. The van der Waals surface area contributed by atoms with Crippen molar-refractivity contribution in [3.63, 3.8) is 0 Å². The van der Waals surface area contributed by atoms with Gasteiger partial charge in [0.1, 0.15) is 5.75 Å². The molecule has 0 aliphatic heterocycles. The van der Waals surface area contributed by atoms with Crippen molar-refractivity contribution in [1.82, 2.24) is 5.32 Å². The van der Waals surface area contributed by atoms with Crippen molar-refractivity contribution in [2.24, 2.45) is 0 Å². The summed E-state index contributed by atoms with van der Waals surface area (Å²) in [5.41, 5.74) is 1.30. The van der Waals surface area contributed by atoms with Crippen LogP contribution in [0.4, 0.5) is 0 Å². The predicted molar refractivity (Wildman–Crippen MR) is 104 cm³/mol. The van der Waals surface area contributed by atoms with Gasteiger partial charge in [-0.2, -0.15) is 0 Å². The Kier molecular flexibility index (Phi) is 6.22. The highest BCUT2D eigenvalue weighted by Crippen LogP contribution is 2.25. The van der Waals surface area contributed by atoms with Gasteiger partial charge in [0, 0.05) is 4.88 Å². The minimum absolute atomic E-state index is 0.283. The maximum Gasteiger partial charge on any atom is 0.338 e. The second-order valence-electron chi connectivity index (χ2n) is 5.73. The Morgan fingerprint density at radius 2 is 1.85 bits per heavy atom. The molecule has 3 aromatic rings. The highest BCUT2D eigenvalue weighted by Gasteiger charge is 2.19. The lowest BCUT2D eigenvalue weighted by Crippen LogP contribution is -2.32. The van der Waals surface area contributed by atoms with Crippen LogP contribution in [0, 0.1) is 0 Å². The van der Waals surface area contributed by atoms with E-state index in [2.05, 4.69) is 5.32 Å². The lowest BCUT2D eigenvalue weighted by molar-refractivity contribution is -0.124. The zero-order chi connectivity index (χ0) is 19.1. The van der Waals surface area contributed by atoms with Crippen molar-refractivity contribution in [2.45, 2.75) is 6.04 Å². The number of carbonyl (C=O) groups excluding carboxylic acids is 2. The van der Waals surface area contributed by atoms with Crippen molar-refractivity contribution in [3.05, 3.63) is 88.1 Å². The van der Waals surface area contributed by atoms with Crippen LogP contribution in [0.2, 0.25) is 0 Å². The van der Waals surface area contributed by atoms with E-state index >= 15 is 0 Å². The molecule has 0 unspecified atom stereocenters. The fourth-order valence-corrected chi connectivity index (χ4v) is 3.39. The Bertz CT molecular complexity index is 894. The third-order valence-electron chi connectivity index (χ3n) is 3.91. The van der Waals surface area contributed by atoms with E-state index in [1.807, 2.05) is 47.8 Å². The quantitative estimate of drug-likeness (QED) is 0.632. The van der Waals surface area contributed by atoms with Gasteiger partial charge in [0.05, 0.1) is 18.7 Å². The van der Waals surface area contributed by atoms with E-state index in [9.17, 15) is 9.59 Å². The largest absolute Gasteiger partial charge is 0.497 e. The summed E-state index contributed by atoms with van der Waals surface area (Å²) in [5, 5.41) is 4.89. The molecular formula is C21H19NO4S. The Labute approximate surface area is 161 Å². The minimum atomic E-state index is -0.573. The maximum absolute atomic E-state index is 12.4. The van der Waals surface area contributed by atoms with E-state index in [0.29, 0.717) is 11.3 Å². The number of benzene rings is 2. The number of esters is 1. The van der Waals surface area contributed by atoms with Crippen molar-refractivity contribution in [2.75, 3.05) is 13.7 Å². The predicted octanol–water partition coefficient (Wildman–Crippen LogP) is 3.82. The first-order valence-electron chi connectivity index (χ1n) is 8.36. The molecule has 0 spiro atoms. The van der Waals surface area contributed by atoms with Crippen LogP contribution in [0.25, 0.3) is 0 Å². The molecule has 0 aliphatic carbocycles. The number of hydrogen-bond acceptors (Lipinski definition) is 5. The molecule has 0 saturated carbocycles. The summed E-state index contributed by atoms with van der Waals surface area (Å²) in [7, 11) is 1.52. The maximum atomic E-state index is 12.4. The van der Waals surface area contributed by atoms with Crippen LogP contribution in [0.15, 0.2) is 72.1 Å². The monoisotopic (exact) mass is 381 g/mol. The van der Waals surface area contributed by atoms with Crippen LogP contribution < -0.4 is 10.1 Å². The van der Waals surface area contributed by atoms with Gasteiger partial charge in [-0.3, -0.25) is 4.79 Å². The van der Waals surface area contributed by atoms with Gasteiger partial charge >= 0.3 is 5.97 Å². The van der Waals surface area contributed by atoms with Gasteiger partial charge in [-0.25, -0.2) is 4.79 Å². The number of methoxy groups -OCH3 is 1. The molecular weight excluding hydrogens is 362 g/mol. The van der Waals surface area contributed by atoms with Gasteiger partial charge in [0.15, 0.2) is 6.61 Å². The molecule has 0 aliphatic rings. The first-order valence-corrected chi connectivity index (χ1v) is 9.24. The number of hydrogen-bond donors (Lipinski definition) is 1. The topological polar surface area (TPSA) is 64.6 Å². The zero-order valence-electron chi connectivity index (χ0n) is 14.8. The van der Waals surface area contributed by atoms with Gasteiger partial charge in [0.2, 0.25) is 0 Å². The molecule has 0 fully saturated rings. The van der Waals surface area contributed by atoms with E-state index in [1.165, 1.54) is 7.11 Å². The third kappa shape index (κ3) is 4.95. The van der Waals surface area contributed by atoms with E-state index in [-0.39, 0.29) is 18.6 Å². The Morgan fingerprint density at radius 3 is 2.56 bits per heavy atom. The third-order valence-corrected chi connectivity index (χ3v) is 4.84. The Balaban J connectivity index is 1.63. The number of amides is 1. The zero-order valence-corrected chi connectivity index (χ0v) is 15.6. The second-order valence-corrected chi connectivity index (χ2v) is 6.71. The highest BCUT2D eigenvalue weighted by atomic mass is 32.1. The lowest BCUT2D eigenvalue weighted by atomic mass is 10.1. The summed E-state index contributed by atoms with van der Waals surface area (Å²) in [6, 6.07) is 19.9. The summed E-state index contributed by atoms with van der Waals surface area (Å²) in [6.45, 7) is -0.356. The van der Waals surface area contributed by atoms with E-state index < -0.39 is 5.97 Å². The van der Waals surface area contributed by atoms with Gasteiger partial charge in [-0.05, 0) is 35.2 Å². The smallest absolute Gasteiger partial charge is 0.338 e. The van der Waals surface area contributed by atoms with Crippen molar-refractivity contribution < 1.29 is 19.1 Å². The molecule has 0 saturated heterocycles. The number of ether oxygens (including phenoxy) is 2. The van der Waals surface area contributed by atoms with Crippen molar-refractivity contribution >= 4 is 23.2 Å². The number of thiophene rings is 1. The molecule has 27 heavy (non-hydrogen) atoms. The van der Waals surface area contributed by atoms with Crippen molar-refractivity contribution in [1.29, 1.82) is 0 Å². The molecule has 1 aromatic heterocycles. The van der Waals surface area contributed by atoms with Crippen LogP contribution >= 0.6 is 11.3 Å². The van der Waals surface area contributed by atoms with Gasteiger partial charge in [-0.15, -0.1) is 11.3 Å². The van der Waals surface area contributed by atoms with E-state index in [0.717, 1.165) is 10.4 Å². The average molecular weight is 381 g/mol. The number of rotatable bonds is 7. The fraction of sp³-hybridized carbons (Fsp3) is 0.143. The average Bonchev–Trinajstić information content (AvgIpc) is 3.25. The summed E-state index contributed by atoms with van der Waals surface area (Å²) in [6.07, 6.45) is 0. The molecule has 1 amide bonds. The summed E-state index contributed by atoms with van der Waals surface area (Å²) in [4.78, 5) is 25.5. The molecule has 1 heterocycles. The molecule has 6 heteroatoms. The highest BCUT2D eigenvalue weighted by molar-refractivity contribution is 7.10. The van der Waals surface area contributed by atoms with Gasteiger partial charge < -0.3 is 14.8 Å². The first kappa shape index (κ1) is 18.7. The van der Waals surface area contributed by atoms with Crippen LogP contribution in [-0.4, -0.2) is 25.6 Å². The van der Waals surface area contributed by atoms with Crippen molar-refractivity contribution in [3.8, 4) is 5.75 Å². The number of nitrogens with one attached hydrogen (secondary N) is 1. The van der Waals surface area contributed by atoms with Crippen LogP contribution in [-0.2, 0) is 9.53 Å². The fourth-order valence-electron chi connectivity index (χ4n) is 2.59. The number of carbonyl (C=O) groups is 2. The standard InChI is InChI=1S/C21H19NO4S/c1-25-17-10-5-9-16(13-17)21(24)26-14-19(23)22-20(18-11-6-12-27-18)15-7-3-2-4-8-15/h2-13,20H,14H2,1H3,(H,22,23)/t20-/m0/s1. The SMILES string of the molecule is COc1cccc(C(=O)OCC(=O)N[C@@H](c2ccccc2)c2cccs2)c1. The van der Waals surface area contributed by atoms with Gasteiger partial charge in [-0.1, -0.05) is 42.5 Å². The second kappa shape index (κ2) is 9.00. The normalized spacial score (nSPS) is 11.4. The summed E-state index contributed by atoms with van der Waals surface area (Å²) < 4.78 is 10.2. The lowest BCUT2D eigenvalue weighted by Gasteiger charge is -2.18. The Hall–Kier alpha value is -3.12. The first-order chi connectivity index (χ1) is 13.2. The van der Waals surface area contributed by atoms with Crippen LogP contribution in [0.1, 0.15) is 26.8 Å². The summed E-state index contributed by atoms with van der Waals surface area (Å²) in [5.74, 6) is -0.388. The Morgan fingerprint density at radius 1 is 1.04 bits per heavy atom. The van der Waals surface area contributed by atoms with Crippen LogP contribution in [0.5, 0.6) is 5.75 Å². The van der Waals surface area contributed by atoms with Crippen LogP contribution in [0.3, 0.4) is 0 Å². The molecule has 0 bridgehead atoms. The summed E-state index contributed by atoms with van der Waals surface area (Å²) >= 11 is 1.56. The molecule has 2 aromatic carbocycles. The molecule has 0 radical (unpaired) electrons. The molecule has 3 rings (SSSR count). The molecule has 1 atom stereocenters. The minimum Gasteiger partial charge on any atom is -0.497 e.